The number of carbonyl (C=O) groups is 1. The molecule has 1 aliphatic heterocycles. The van der Waals surface area contributed by atoms with Gasteiger partial charge in [0.15, 0.2) is 17.3 Å². The molecule has 0 saturated heterocycles. The number of para-hydroxylation sites is 2. The first-order chi connectivity index (χ1) is 19.8. The molecule has 5 rings (SSSR count). The highest BCUT2D eigenvalue weighted by Crippen LogP contribution is 2.45. The molecule has 3 aromatic carbocycles. The van der Waals surface area contributed by atoms with Crippen molar-refractivity contribution < 1.29 is 23.7 Å². The van der Waals surface area contributed by atoms with Crippen LogP contribution in [0.4, 0.5) is 11.6 Å². The van der Waals surface area contributed by atoms with E-state index in [4.69, 9.17) is 52.2 Å². The van der Waals surface area contributed by atoms with E-state index in [2.05, 4.69) is 10.6 Å². The van der Waals surface area contributed by atoms with Crippen LogP contribution in [-0.4, -0.2) is 49.1 Å². The number of allylic oxidation sites excluding steroid dienone is 1. The van der Waals surface area contributed by atoms with E-state index < -0.39 is 6.04 Å². The van der Waals surface area contributed by atoms with E-state index in [-0.39, 0.29) is 5.91 Å². The minimum atomic E-state index is -0.778. The second kappa shape index (κ2) is 11.6. The molecule has 1 aromatic heterocycles. The molecule has 212 valence electrons. The zero-order valence-electron chi connectivity index (χ0n) is 22.9. The number of nitrogens with one attached hydrogen (secondary N) is 2. The zero-order chi connectivity index (χ0) is 29.3. The zero-order valence-corrected chi connectivity index (χ0v) is 24.4. The van der Waals surface area contributed by atoms with Crippen LogP contribution in [0.3, 0.4) is 0 Å². The Bertz CT molecular complexity index is 1670. The van der Waals surface area contributed by atoms with Crippen LogP contribution < -0.4 is 29.6 Å². The lowest BCUT2D eigenvalue weighted by Gasteiger charge is -2.30. The summed E-state index contributed by atoms with van der Waals surface area (Å²) < 4.78 is 23.9. The molecule has 1 aliphatic rings. The molecule has 1 atom stereocenters. The summed E-state index contributed by atoms with van der Waals surface area (Å²) in [6, 6.07) is 15.0. The smallest absolute Gasteiger partial charge is 0.255 e. The molecule has 41 heavy (non-hydrogen) atoms. The summed E-state index contributed by atoms with van der Waals surface area (Å²) in [6.45, 7) is 1.80. The number of hydrogen-bond donors (Lipinski definition) is 2. The molecule has 10 nitrogen and oxygen atoms in total. The van der Waals surface area contributed by atoms with E-state index in [1.807, 2.05) is 12.1 Å². The van der Waals surface area contributed by atoms with Gasteiger partial charge in [-0.15, -0.1) is 5.10 Å². The number of aromatic nitrogens is 3. The number of anilines is 2. The van der Waals surface area contributed by atoms with E-state index in [0.29, 0.717) is 72.9 Å². The van der Waals surface area contributed by atoms with Gasteiger partial charge in [0.2, 0.25) is 5.95 Å². The maximum absolute atomic E-state index is 14.0. The number of benzene rings is 3. The van der Waals surface area contributed by atoms with Gasteiger partial charge in [0, 0.05) is 22.9 Å². The van der Waals surface area contributed by atoms with Crippen LogP contribution in [0.5, 0.6) is 23.0 Å². The fourth-order valence-electron chi connectivity index (χ4n) is 4.69. The summed E-state index contributed by atoms with van der Waals surface area (Å²) in [5.41, 5.74) is 2.71. The maximum Gasteiger partial charge on any atom is 0.255 e. The van der Waals surface area contributed by atoms with Crippen LogP contribution in [0.1, 0.15) is 18.5 Å². The second-order valence-electron chi connectivity index (χ2n) is 9.00. The molecule has 2 N–H and O–H groups in total. The minimum absolute atomic E-state index is 0.370. The van der Waals surface area contributed by atoms with Crippen LogP contribution in [0, 0.1) is 0 Å². The van der Waals surface area contributed by atoms with Crippen LogP contribution in [0.15, 0.2) is 65.9 Å². The molecule has 0 fully saturated rings. The molecular formula is C29H27Cl2N5O5. The van der Waals surface area contributed by atoms with Gasteiger partial charge in [0.25, 0.3) is 5.91 Å². The molecular weight excluding hydrogens is 569 g/mol. The number of methoxy groups -OCH3 is 4. The van der Waals surface area contributed by atoms with Gasteiger partial charge in [-0.25, -0.2) is 4.68 Å². The van der Waals surface area contributed by atoms with Crippen LogP contribution in [0.25, 0.3) is 11.4 Å². The lowest BCUT2D eigenvalue weighted by atomic mass is 9.93. The molecule has 4 aromatic rings. The maximum atomic E-state index is 14.0. The first kappa shape index (κ1) is 28.1. The number of nitrogens with zero attached hydrogens (tertiary/aromatic N) is 3. The SMILES string of the molecule is COc1ccccc1NC(=O)C1=C(C)Nc2nc(-c3ccc(Cl)c(Cl)c3)nn2C1c1cc(OC)c(OC)cc1OC. The largest absolute Gasteiger partial charge is 0.496 e. The second-order valence-corrected chi connectivity index (χ2v) is 9.82. The molecule has 2 heterocycles. The Balaban J connectivity index is 1.69. The van der Waals surface area contributed by atoms with Crippen molar-refractivity contribution in [2.24, 2.45) is 0 Å². The molecule has 0 spiro atoms. The van der Waals surface area contributed by atoms with Crippen molar-refractivity contribution in [3.05, 3.63) is 81.5 Å². The molecule has 0 bridgehead atoms. The third-order valence-electron chi connectivity index (χ3n) is 6.66. The fraction of sp³-hybridized carbons (Fsp3) is 0.207. The van der Waals surface area contributed by atoms with Crippen LogP contribution in [-0.2, 0) is 4.79 Å². The third-order valence-corrected chi connectivity index (χ3v) is 7.40. The Morgan fingerprint density at radius 1 is 0.878 bits per heavy atom. The average molecular weight is 596 g/mol. The number of halogens is 2. The number of fused-ring (bicyclic) bond motifs is 1. The summed E-state index contributed by atoms with van der Waals surface area (Å²) in [6.07, 6.45) is 0. The summed E-state index contributed by atoms with van der Waals surface area (Å²) in [4.78, 5) is 18.7. The first-order valence-corrected chi connectivity index (χ1v) is 13.2. The normalized spacial score (nSPS) is 14.2. The lowest BCUT2D eigenvalue weighted by Crippen LogP contribution is -2.32. The summed E-state index contributed by atoms with van der Waals surface area (Å²) in [5, 5.41) is 11.8. The Hall–Kier alpha value is -4.41. The van der Waals surface area contributed by atoms with Crippen molar-refractivity contribution in [1.82, 2.24) is 14.8 Å². The van der Waals surface area contributed by atoms with Crippen molar-refractivity contribution in [3.8, 4) is 34.4 Å². The Morgan fingerprint density at radius 3 is 2.24 bits per heavy atom. The quantitative estimate of drug-likeness (QED) is 0.247. The van der Waals surface area contributed by atoms with Gasteiger partial charge in [0.05, 0.1) is 49.7 Å². The summed E-state index contributed by atoms with van der Waals surface area (Å²) in [5.74, 6) is 2.33. The summed E-state index contributed by atoms with van der Waals surface area (Å²) in [7, 11) is 6.16. The number of carbonyl (C=O) groups excluding carboxylic acids is 1. The van der Waals surface area contributed by atoms with Crippen LogP contribution in [0.2, 0.25) is 10.0 Å². The summed E-state index contributed by atoms with van der Waals surface area (Å²) >= 11 is 12.4. The highest BCUT2D eigenvalue weighted by molar-refractivity contribution is 6.42. The van der Waals surface area contributed by atoms with Gasteiger partial charge in [-0.1, -0.05) is 35.3 Å². The number of ether oxygens (including phenoxy) is 4. The number of amides is 1. The van der Waals surface area contributed by atoms with Crippen molar-refractivity contribution in [2.75, 3.05) is 39.1 Å². The van der Waals surface area contributed by atoms with Gasteiger partial charge in [0.1, 0.15) is 17.5 Å². The number of rotatable bonds is 8. The fourth-order valence-corrected chi connectivity index (χ4v) is 4.99. The highest BCUT2D eigenvalue weighted by Gasteiger charge is 2.37. The number of hydrogen-bond acceptors (Lipinski definition) is 8. The van der Waals surface area contributed by atoms with Gasteiger partial charge < -0.3 is 29.6 Å². The van der Waals surface area contributed by atoms with E-state index in [1.54, 1.807) is 68.3 Å². The minimum Gasteiger partial charge on any atom is -0.496 e. The Morgan fingerprint density at radius 2 is 1.56 bits per heavy atom. The van der Waals surface area contributed by atoms with Crippen LogP contribution >= 0.6 is 23.2 Å². The van der Waals surface area contributed by atoms with Crippen molar-refractivity contribution in [2.45, 2.75) is 13.0 Å². The van der Waals surface area contributed by atoms with Gasteiger partial charge in [-0.05, 0) is 43.3 Å². The third kappa shape index (κ3) is 5.23. The molecule has 1 amide bonds. The topological polar surface area (TPSA) is 109 Å². The molecule has 1 unspecified atom stereocenters. The van der Waals surface area contributed by atoms with E-state index in [1.165, 1.54) is 14.2 Å². The van der Waals surface area contributed by atoms with Crippen molar-refractivity contribution in [1.29, 1.82) is 0 Å². The van der Waals surface area contributed by atoms with E-state index >= 15 is 0 Å². The van der Waals surface area contributed by atoms with E-state index in [0.717, 1.165) is 0 Å². The van der Waals surface area contributed by atoms with Crippen molar-refractivity contribution in [3.63, 3.8) is 0 Å². The lowest BCUT2D eigenvalue weighted by molar-refractivity contribution is -0.113. The molecule has 0 radical (unpaired) electrons. The van der Waals surface area contributed by atoms with Gasteiger partial charge in [-0.2, -0.15) is 4.98 Å². The molecule has 0 aliphatic carbocycles. The Labute approximate surface area is 246 Å². The van der Waals surface area contributed by atoms with Gasteiger partial charge >= 0.3 is 0 Å². The first-order valence-electron chi connectivity index (χ1n) is 12.4. The predicted molar refractivity (Wildman–Crippen MR) is 158 cm³/mol. The predicted octanol–water partition coefficient (Wildman–Crippen LogP) is 6.21. The van der Waals surface area contributed by atoms with Crippen molar-refractivity contribution >= 4 is 40.7 Å². The average Bonchev–Trinajstić information content (AvgIpc) is 3.40. The molecule has 0 saturated carbocycles. The van der Waals surface area contributed by atoms with Gasteiger partial charge in [-0.3, -0.25) is 4.79 Å². The standard InChI is InChI=1S/C29H27Cl2N5O5/c1-15-25(28(37)33-20-8-6-7-9-21(20)38-2)26(17-13-23(40-4)24(41-5)14-22(17)39-3)36-29(32-15)34-27(35-36)16-10-11-18(30)19(31)12-16/h6-14,26H,1-5H3,(H,33,37)(H,32,34,35). The highest BCUT2D eigenvalue weighted by atomic mass is 35.5. The molecule has 12 heteroatoms. The monoisotopic (exact) mass is 595 g/mol. The van der Waals surface area contributed by atoms with E-state index in [9.17, 15) is 4.79 Å². The Kier molecular flexibility index (Phi) is 7.96.